The molecule has 0 aliphatic carbocycles. The number of fused-ring (bicyclic) bond motifs is 1. The van der Waals surface area contributed by atoms with Gasteiger partial charge in [0.1, 0.15) is 11.6 Å². The van der Waals surface area contributed by atoms with E-state index in [0.717, 1.165) is 52.2 Å². The first-order valence-corrected chi connectivity index (χ1v) is 14.7. The molecule has 1 aliphatic heterocycles. The topological polar surface area (TPSA) is 78.4 Å². The van der Waals surface area contributed by atoms with Gasteiger partial charge in [0, 0.05) is 37.3 Å². The molecular weight excluding hydrogens is 494 g/mol. The lowest BCUT2D eigenvalue weighted by Crippen LogP contribution is -2.49. The molecule has 8 heteroatoms. The fourth-order valence-corrected chi connectivity index (χ4v) is 6.40. The fraction of sp³-hybridized carbons (Fsp3) is 0.333. The lowest BCUT2D eigenvalue weighted by molar-refractivity contribution is 0.141. The van der Waals surface area contributed by atoms with Crippen LogP contribution in [0.5, 0.6) is 0 Å². The number of aromatic nitrogens is 2. The van der Waals surface area contributed by atoms with Crippen LogP contribution in [0, 0.1) is 6.92 Å². The van der Waals surface area contributed by atoms with E-state index in [4.69, 9.17) is 9.97 Å². The van der Waals surface area contributed by atoms with Gasteiger partial charge in [0.05, 0.1) is 16.5 Å². The number of anilines is 2. The third-order valence-corrected chi connectivity index (χ3v) is 9.23. The van der Waals surface area contributed by atoms with Crippen LogP contribution in [0.25, 0.3) is 10.9 Å². The van der Waals surface area contributed by atoms with E-state index in [0.29, 0.717) is 31.1 Å². The number of rotatable bonds is 8. The van der Waals surface area contributed by atoms with Crippen molar-refractivity contribution in [2.45, 2.75) is 44.6 Å². The summed E-state index contributed by atoms with van der Waals surface area (Å²) in [6.45, 7) is 8.39. The number of piperazine rings is 1. The first kappa shape index (κ1) is 26.3. The summed E-state index contributed by atoms with van der Waals surface area (Å²) in [6, 6.07) is 23.4. The maximum Gasteiger partial charge on any atom is 0.243 e. The van der Waals surface area contributed by atoms with Gasteiger partial charge in [0.15, 0.2) is 0 Å². The SMILES string of the molecule is CCCc1ccc(S(=O)(=O)N2CCN([C@H](C)c3nc(Nc4ccccc4C)c4ccccc4n3)CC2)cc1. The third kappa shape index (κ3) is 5.43. The van der Waals surface area contributed by atoms with Crippen LogP contribution >= 0.6 is 0 Å². The molecule has 1 N–H and O–H groups in total. The molecule has 1 aliphatic rings. The summed E-state index contributed by atoms with van der Waals surface area (Å²) in [5, 5.41) is 4.48. The van der Waals surface area contributed by atoms with E-state index in [1.54, 1.807) is 16.4 Å². The monoisotopic (exact) mass is 529 g/mol. The van der Waals surface area contributed by atoms with E-state index in [1.165, 1.54) is 0 Å². The van der Waals surface area contributed by atoms with Crippen molar-refractivity contribution in [2.75, 3.05) is 31.5 Å². The molecule has 1 saturated heterocycles. The molecule has 0 bridgehead atoms. The van der Waals surface area contributed by atoms with Gasteiger partial charge in [-0.25, -0.2) is 18.4 Å². The van der Waals surface area contributed by atoms with Crippen LogP contribution in [0.3, 0.4) is 0 Å². The Bertz CT molecular complexity index is 1510. The van der Waals surface area contributed by atoms with Gasteiger partial charge >= 0.3 is 0 Å². The van der Waals surface area contributed by atoms with Gasteiger partial charge in [-0.15, -0.1) is 0 Å². The molecule has 0 radical (unpaired) electrons. The standard InChI is InChI=1S/C30H35N5O2S/c1-4-9-24-14-16-25(17-15-24)38(36,37)35-20-18-34(19-21-35)23(3)29-32-28-13-8-6-11-26(28)30(33-29)31-27-12-7-5-10-22(27)2/h5-8,10-17,23H,4,9,18-21H2,1-3H3,(H,31,32,33)/t23-/m1/s1. The fourth-order valence-electron chi connectivity index (χ4n) is 4.98. The summed E-state index contributed by atoms with van der Waals surface area (Å²) >= 11 is 0. The Hall–Kier alpha value is -3.33. The summed E-state index contributed by atoms with van der Waals surface area (Å²) < 4.78 is 28.1. The molecule has 198 valence electrons. The number of nitrogens with zero attached hydrogens (tertiary/aromatic N) is 4. The lowest BCUT2D eigenvalue weighted by Gasteiger charge is -2.37. The highest BCUT2D eigenvalue weighted by Gasteiger charge is 2.31. The average Bonchev–Trinajstić information content (AvgIpc) is 2.94. The van der Waals surface area contributed by atoms with E-state index < -0.39 is 10.0 Å². The van der Waals surface area contributed by atoms with Crippen molar-refractivity contribution in [3.8, 4) is 0 Å². The van der Waals surface area contributed by atoms with Gasteiger partial charge in [-0.2, -0.15) is 4.31 Å². The number of hydrogen-bond acceptors (Lipinski definition) is 6. The number of nitrogens with one attached hydrogen (secondary N) is 1. The summed E-state index contributed by atoms with van der Waals surface area (Å²) in [7, 11) is -3.52. The van der Waals surface area contributed by atoms with Crippen LogP contribution in [0.4, 0.5) is 11.5 Å². The minimum absolute atomic E-state index is 0.0600. The van der Waals surface area contributed by atoms with Crippen molar-refractivity contribution >= 4 is 32.4 Å². The van der Waals surface area contributed by atoms with Gasteiger partial charge in [0.2, 0.25) is 10.0 Å². The summed E-state index contributed by atoms with van der Waals surface area (Å²) in [5.41, 5.74) is 4.20. The van der Waals surface area contributed by atoms with Gasteiger partial charge in [-0.05, 0) is 61.7 Å². The Morgan fingerprint density at radius 2 is 1.58 bits per heavy atom. The molecule has 0 spiro atoms. The van der Waals surface area contributed by atoms with E-state index in [9.17, 15) is 8.42 Å². The summed E-state index contributed by atoms with van der Waals surface area (Å²) in [5.74, 6) is 1.50. The molecule has 3 aromatic carbocycles. The maximum absolute atomic E-state index is 13.3. The van der Waals surface area contributed by atoms with Gasteiger partial charge in [-0.3, -0.25) is 4.90 Å². The van der Waals surface area contributed by atoms with Crippen LogP contribution in [-0.4, -0.2) is 53.8 Å². The molecular formula is C30H35N5O2S. The maximum atomic E-state index is 13.3. The summed E-state index contributed by atoms with van der Waals surface area (Å²) in [4.78, 5) is 12.5. The molecule has 38 heavy (non-hydrogen) atoms. The molecule has 1 aromatic heterocycles. The second kappa shape index (κ2) is 11.2. The molecule has 2 heterocycles. The van der Waals surface area contributed by atoms with Crippen LogP contribution in [0.1, 0.15) is 43.3 Å². The highest BCUT2D eigenvalue weighted by molar-refractivity contribution is 7.89. The minimum Gasteiger partial charge on any atom is -0.339 e. The zero-order valence-corrected chi connectivity index (χ0v) is 23.1. The number of benzene rings is 3. The zero-order valence-electron chi connectivity index (χ0n) is 22.3. The Balaban J connectivity index is 1.33. The quantitative estimate of drug-likeness (QED) is 0.315. The van der Waals surface area contributed by atoms with E-state index in [2.05, 4.69) is 37.1 Å². The average molecular weight is 530 g/mol. The van der Waals surface area contributed by atoms with Gasteiger partial charge in [0.25, 0.3) is 0 Å². The molecule has 7 nitrogen and oxygen atoms in total. The van der Waals surface area contributed by atoms with E-state index in [-0.39, 0.29) is 6.04 Å². The number of sulfonamides is 1. The summed E-state index contributed by atoms with van der Waals surface area (Å²) in [6.07, 6.45) is 1.99. The van der Waals surface area contributed by atoms with Crippen LogP contribution in [-0.2, 0) is 16.4 Å². The third-order valence-electron chi connectivity index (χ3n) is 7.31. The van der Waals surface area contributed by atoms with Crippen molar-refractivity contribution in [1.29, 1.82) is 0 Å². The Morgan fingerprint density at radius 1 is 0.895 bits per heavy atom. The van der Waals surface area contributed by atoms with Crippen molar-refractivity contribution in [1.82, 2.24) is 19.2 Å². The Kier molecular flexibility index (Phi) is 7.74. The molecule has 0 saturated carbocycles. The second-order valence-corrected chi connectivity index (χ2v) is 11.8. The van der Waals surface area contributed by atoms with Crippen molar-refractivity contribution in [3.63, 3.8) is 0 Å². The largest absolute Gasteiger partial charge is 0.339 e. The van der Waals surface area contributed by atoms with Crippen LogP contribution in [0.2, 0.25) is 0 Å². The van der Waals surface area contributed by atoms with Crippen LogP contribution in [0.15, 0.2) is 77.7 Å². The van der Waals surface area contributed by atoms with Crippen LogP contribution < -0.4 is 5.32 Å². The molecule has 0 amide bonds. The Morgan fingerprint density at radius 3 is 2.29 bits per heavy atom. The number of para-hydroxylation sites is 2. The molecule has 5 rings (SSSR count). The number of hydrogen-bond donors (Lipinski definition) is 1. The predicted molar refractivity (Wildman–Crippen MR) is 153 cm³/mol. The highest BCUT2D eigenvalue weighted by atomic mass is 32.2. The lowest BCUT2D eigenvalue weighted by atomic mass is 10.1. The van der Waals surface area contributed by atoms with Gasteiger partial charge in [-0.1, -0.05) is 55.8 Å². The second-order valence-electron chi connectivity index (χ2n) is 9.90. The molecule has 1 fully saturated rings. The molecule has 4 aromatic rings. The van der Waals surface area contributed by atoms with E-state index >= 15 is 0 Å². The molecule has 1 atom stereocenters. The zero-order chi connectivity index (χ0) is 26.7. The van der Waals surface area contributed by atoms with Crippen molar-refractivity contribution < 1.29 is 8.42 Å². The van der Waals surface area contributed by atoms with Gasteiger partial charge < -0.3 is 5.32 Å². The van der Waals surface area contributed by atoms with Crippen molar-refractivity contribution in [2.24, 2.45) is 0 Å². The van der Waals surface area contributed by atoms with Crippen molar-refractivity contribution in [3.05, 3.63) is 89.7 Å². The smallest absolute Gasteiger partial charge is 0.243 e. The minimum atomic E-state index is -3.52. The normalized spacial score (nSPS) is 16.0. The number of aryl methyl sites for hydroxylation is 2. The van der Waals surface area contributed by atoms with E-state index in [1.807, 2.05) is 54.6 Å². The predicted octanol–water partition coefficient (Wildman–Crippen LogP) is 5.70. The molecule has 0 unspecified atom stereocenters. The first-order chi connectivity index (χ1) is 18.4. The first-order valence-electron chi connectivity index (χ1n) is 13.3. The Labute approximate surface area is 225 Å². The highest BCUT2D eigenvalue weighted by Crippen LogP contribution is 2.29.